The Balaban J connectivity index is 1.63. The van der Waals surface area contributed by atoms with Gasteiger partial charge in [-0.1, -0.05) is 6.07 Å². The summed E-state index contributed by atoms with van der Waals surface area (Å²) in [5.41, 5.74) is -0.0314. The quantitative estimate of drug-likeness (QED) is 0.751. The van der Waals surface area contributed by atoms with Crippen molar-refractivity contribution in [3.8, 4) is 5.75 Å². The number of nitrogens with zero attached hydrogens (tertiary/aromatic N) is 1. The lowest BCUT2D eigenvalue weighted by molar-refractivity contribution is 0.00578. The first kappa shape index (κ1) is 20.6. The van der Waals surface area contributed by atoms with Crippen molar-refractivity contribution in [1.82, 2.24) is 4.90 Å². The highest BCUT2D eigenvalue weighted by atomic mass is 19.1. The van der Waals surface area contributed by atoms with Crippen LogP contribution in [-0.2, 0) is 9.31 Å². The molecule has 1 aromatic rings. The molecule has 6 heteroatoms. The van der Waals surface area contributed by atoms with Gasteiger partial charge < -0.3 is 14.0 Å². The van der Waals surface area contributed by atoms with Crippen molar-refractivity contribution < 1.29 is 18.4 Å². The van der Waals surface area contributed by atoms with E-state index in [0.717, 1.165) is 25.9 Å². The fourth-order valence-electron chi connectivity index (χ4n) is 3.56. The van der Waals surface area contributed by atoms with Crippen LogP contribution in [0.2, 0.25) is 0 Å². The minimum absolute atomic E-state index is 0.0563. The summed E-state index contributed by atoms with van der Waals surface area (Å²) in [7, 11) is -0.562. The molecule has 4 nitrogen and oxygen atoms in total. The van der Waals surface area contributed by atoms with Crippen LogP contribution < -0.4 is 10.2 Å². The van der Waals surface area contributed by atoms with Crippen molar-refractivity contribution in [1.29, 1.82) is 0 Å². The first-order chi connectivity index (χ1) is 12.4. The molecule has 0 saturated carbocycles. The number of hydrogen-bond acceptors (Lipinski definition) is 4. The summed E-state index contributed by atoms with van der Waals surface area (Å²) in [6, 6.07) is 5.01. The molecule has 2 aliphatic rings. The average molecular weight is 377 g/mol. The van der Waals surface area contributed by atoms with E-state index in [9.17, 15) is 4.39 Å². The number of hydrogen-bond donors (Lipinski definition) is 0. The number of halogens is 1. The summed E-state index contributed by atoms with van der Waals surface area (Å²) < 4.78 is 32.6. The van der Waals surface area contributed by atoms with Gasteiger partial charge in [-0.3, -0.25) is 4.90 Å². The fourth-order valence-corrected chi connectivity index (χ4v) is 3.56. The number of piperidine rings is 1. The molecule has 3 rings (SSSR count). The molecular formula is C21H33BFNO3. The molecular weight excluding hydrogens is 344 g/mol. The normalized spacial score (nSPS) is 23.6. The molecule has 0 aliphatic carbocycles. The summed E-state index contributed by atoms with van der Waals surface area (Å²) in [6.07, 6.45) is 1.88. The van der Waals surface area contributed by atoms with Crippen LogP contribution >= 0.6 is 0 Å². The van der Waals surface area contributed by atoms with Crippen molar-refractivity contribution >= 4 is 12.6 Å². The van der Waals surface area contributed by atoms with Crippen molar-refractivity contribution in [3.63, 3.8) is 0 Å². The van der Waals surface area contributed by atoms with E-state index in [4.69, 9.17) is 14.0 Å². The smallest absolute Gasteiger partial charge is 0.487 e. The second-order valence-corrected chi connectivity index (χ2v) is 9.75. The predicted octanol–water partition coefficient (Wildman–Crippen LogP) is 3.77. The van der Waals surface area contributed by atoms with Crippen molar-refractivity contribution in [2.75, 3.05) is 13.1 Å². The van der Waals surface area contributed by atoms with Crippen molar-refractivity contribution in [2.24, 2.45) is 0 Å². The Morgan fingerprint density at radius 3 is 2.11 bits per heavy atom. The van der Waals surface area contributed by atoms with Gasteiger partial charge in [0.15, 0.2) is 11.6 Å². The molecule has 27 heavy (non-hydrogen) atoms. The van der Waals surface area contributed by atoms with Gasteiger partial charge in [0.05, 0.1) is 11.2 Å². The van der Waals surface area contributed by atoms with Crippen LogP contribution in [0.4, 0.5) is 4.39 Å². The Hall–Kier alpha value is -1.11. The zero-order valence-corrected chi connectivity index (χ0v) is 17.8. The minimum Gasteiger partial charge on any atom is -0.487 e. The van der Waals surface area contributed by atoms with E-state index in [0.29, 0.717) is 11.2 Å². The first-order valence-corrected chi connectivity index (χ1v) is 9.96. The van der Waals surface area contributed by atoms with Gasteiger partial charge in [0, 0.05) is 18.6 Å². The molecule has 0 radical (unpaired) electrons. The molecule has 0 amide bonds. The van der Waals surface area contributed by atoms with E-state index in [1.165, 1.54) is 6.07 Å². The van der Waals surface area contributed by atoms with Crippen LogP contribution in [0.3, 0.4) is 0 Å². The number of rotatable bonds is 3. The molecule has 2 aliphatic heterocycles. The van der Waals surface area contributed by atoms with E-state index in [1.807, 2.05) is 33.8 Å². The van der Waals surface area contributed by atoms with E-state index in [1.54, 1.807) is 6.07 Å². The standard InChI is InChI=1S/C21H33BFNO3/c1-19(2,3)24-12-10-16(11-13-24)25-18-9-8-15(14-17(18)23)22-26-20(4,5)21(6,7)27-22/h8-9,14,16H,10-13H2,1-7H3. The van der Waals surface area contributed by atoms with Gasteiger partial charge in [0.25, 0.3) is 0 Å². The average Bonchev–Trinajstić information content (AvgIpc) is 2.77. The monoisotopic (exact) mass is 377 g/mol. The van der Waals surface area contributed by atoms with Crippen molar-refractivity contribution in [2.45, 2.75) is 84.2 Å². The maximum atomic E-state index is 14.7. The minimum atomic E-state index is -0.562. The molecule has 2 saturated heterocycles. The van der Waals surface area contributed by atoms with E-state index >= 15 is 0 Å². The summed E-state index contributed by atoms with van der Waals surface area (Å²) in [5.74, 6) is -0.0510. The van der Waals surface area contributed by atoms with Crippen LogP contribution in [0.25, 0.3) is 0 Å². The number of ether oxygens (including phenoxy) is 1. The molecule has 0 aromatic heterocycles. The summed E-state index contributed by atoms with van der Waals surface area (Å²) >= 11 is 0. The highest BCUT2D eigenvalue weighted by molar-refractivity contribution is 6.62. The maximum Gasteiger partial charge on any atom is 0.494 e. The molecule has 2 heterocycles. The fraction of sp³-hybridized carbons (Fsp3) is 0.714. The van der Waals surface area contributed by atoms with Gasteiger partial charge in [-0.05, 0) is 78.9 Å². The largest absolute Gasteiger partial charge is 0.494 e. The van der Waals surface area contributed by atoms with E-state index in [2.05, 4.69) is 25.7 Å². The third kappa shape index (κ3) is 4.33. The molecule has 1 aromatic carbocycles. The van der Waals surface area contributed by atoms with Crippen molar-refractivity contribution in [3.05, 3.63) is 24.0 Å². The first-order valence-electron chi connectivity index (χ1n) is 9.96. The molecule has 0 unspecified atom stereocenters. The second kappa shape index (κ2) is 7.05. The molecule has 0 N–H and O–H groups in total. The molecule has 0 spiro atoms. The van der Waals surface area contributed by atoms with Gasteiger partial charge >= 0.3 is 7.12 Å². The van der Waals surface area contributed by atoms with E-state index in [-0.39, 0.29) is 17.5 Å². The van der Waals surface area contributed by atoms with Gasteiger partial charge in [-0.15, -0.1) is 0 Å². The summed E-state index contributed by atoms with van der Waals surface area (Å²) in [6.45, 7) is 16.6. The van der Waals surface area contributed by atoms with E-state index < -0.39 is 18.3 Å². The summed E-state index contributed by atoms with van der Waals surface area (Å²) in [4.78, 5) is 2.45. The second-order valence-electron chi connectivity index (χ2n) is 9.75. The van der Waals surface area contributed by atoms with Gasteiger partial charge in [-0.2, -0.15) is 0 Å². The number of benzene rings is 1. The van der Waals surface area contributed by atoms with Gasteiger partial charge in [-0.25, -0.2) is 4.39 Å². The highest BCUT2D eigenvalue weighted by Gasteiger charge is 2.51. The van der Waals surface area contributed by atoms with Crippen LogP contribution in [0.1, 0.15) is 61.3 Å². The predicted molar refractivity (Wildman–Crippen MR) is 107 cm³/mol. The Morgan fingerprint density at radius 2 is 1.63 bits per heavy atom. The van der Waals surface area contributed by atoms with Crippen LogP contribution in [-0.4, -0.2) is 48.0 Å². The zero-order valence-electron chi connectivity index (χ0n) is 17.8. The van der Waals surface area contributed by atoms with Crippen LogP contribution in [0.15, 0.2) is 18.2 Å². The Morgan fingerprint density at radius 1 is 1.07 bits per heavy atom. The lowest BCUT2D eigenvalue weighted by atomic mass is 9.79. The van der Waals surface area contributed by atoms with Crippen LogP contribution in [0, 0.1) is 5.82 Å². The lowest BCUT2D eigenvalue weighted by Crippen LogP contribution is -2.48. The molecule has 150 valence electrons. The molecule has 0 bridgehead atoms. The lowest BCUT2D eigenvalue weighted by Gasteiger charge is -2.40. The Labute approximate surface area is 163 Å². The summed E-state index contributed by atoms with van der Waals surface area (Å²) in [5, 5.41) is 0. The topological polar surface area (TPSA) is 30.9 Å². The molecule has 0 atom stereocenters. The maximum absolute atomic E-state index is 14.7. The highest BCUT2D eigenvalue weighted by Crippen LogP contribution is 2.36. The number of likely N-dealkylation sites (tertiary alicyclic amines) is 1. The Kier molecular flexibility index (Phi) is 5.39. The SMILES string of the molecule is CC(C)(C)N1CCC(Oc2ccc(B3OC(C)(C)C(C)(C)O3)cc2F)CC1. The van der Waals surface area contributed by atoms with Crippen LogP contribution in [0.5, 0.6) is 5.75 Å². The zero-order chi connectivity index (χ0) is 20.0. The van der Waals surface area contributed by atoms with Gasteiger partial charge in [0.1, 0.15) is 6.10 Å². The molecule has 2 fully saturated rings. The third-order valence-corrected chi connectivity index (χ3v) is 6.17. The Bertz CT molecular complexity index is 662. The van der Waals surface area contributed by atoms with Gasteiger partial charge in [0.2, 0.25) is 0 Å². The third-order valence-electron chi connectivity index (χ3n) is 6.17.